The molecule has 2 N–H and O–H groups in total. The topological polar surface area (TPSA) is 95.2 Å². The van der Waals surface area contributed by atoms with Gasteiger partial charge in [0.2, 0.25) is 0 Å². The van der Waals surface area contributed by atoms with E-state index in [4.69, 9.17) is 11.6 Å². The highest BCUT2D eigenvalue weighted by molar-refractivity contribution is 7.90. The Morgan fingerprint density at radius 2 is 1.93 bits per heavy atom. The van der Waals surface area contributed by atoms with Crippen molar-refractivity contribution in [3.8, 4) is 0 Å². The Hall–Kier alpha value is -2.49. The molecular weight excluding hydrogens is 419 g/mol. The standard InChI is InChI=1S/C19H18ClFN4O3S/c20-12-8-14-16(11-23-19(14)22-10-12)18(26)15-9-13(4-5-17(15)21)24-29(27,28)25-6-2-1-3-7-25/h4-5,8-11,24H,1-3,6-7H2,(H,22,23). The van der Waals surface area contributed by atoms with Crippen LogP contribution < -0.4 is 4.72 Å². The number of carbonyl (C=O) groups excluding carboxylic acids is 1. The third-order valence-electron chi connectivity index (χ3n) is 4.86. The Labute approximate surface area is 172 Å². The molecule has 1 aromatic carbocycles. The molecule has 10 heteroatoms. The smallest absolute Gasteiger partial charge is 0.301 e. The van der Waals surface area contributed by atoms with Crippen LogP contribution in [0.5, 0.6) is 0 Å². The van der Waals surface area contributed by atoms with E-state index in [1.54, 1.807) is 6.07 Å². The molecule has 7 nitrogen and oxygen atoms in total. The molecule has 0 unspecified atom stereocenters. The molecule has 1 saturated heterocycles. The maximum atomic E-state index is 14.4. The summed E-state index contributed by atoms with van der Waals surface area (Å²) in [7, 11) is -3.77. The molecule has 1 fully saturated rings. The van der Waals surface area contributed by atoms with Gasteiger partial charge in [0, 0.05) is 36.4 Å². The number of hydrogen-bond donors (Lipinski definition) is 2. The second-order valence-electron chi connectivity index (χ2n) is 6.84. The maximum absolute atomic E-state index is 14.4. The molecule has 0 aliphatic carbocycles. The van der Waals surface area contributed by atoms with Gasteiger partial charge >= 0.3 is 10.2 Å². The molecule has 0 bridgehead atoms. The number of nitrogens with one attached hydrogen (secondary N) is 2. The van der Waals surface area contributed by atoms with Crippen molar-refractivity contribution in [1.82, 2.24) is 14.3 Å². The first-order valence-electron chi connectivity index (χ1n) is 9.10. The van der Waals surface area contributed by atoms with Gasteiger partial charge in [0.05, 0.1) is 16.3 Å². The van der Waals surface area contributed by atoms with Crippen molar-refractivity contribution in [2.45, 2.75) is 19.3 Å². The SMILES string of the molecule is O=C(c1cc(NS(=O)(=O)N2CCCCC2)ccc1F)c1c[nH]c2ncc(Cl)cc12. The summed E-state index contributed by atoms with van der Waals surface area (Å²) in [5, 5.41) is 0.802. The molecule has 0 amide bonds. The first-order valence-corrected chi connectivity index (χ1v) is 10.9. The summed E-state index contributed by atoms with van der Waals surface area (Å²) in [6, 6.07) is 5.13. The number of carbonyl (C=O) groups is 1. The number of aromatic nitrogens is 2. The molecule has 0 spiro atoms. The van der Waals surface area contributed by atoms with Gasteiger partial charge in [-0.15, -0.1) is 0 Å². The number of aromatic amines is 1. The zero-order valence-corrected chi connectivity index (χ0v) is 16.9. The van der Waals surface area contributed by atoms with Crippen LogP contribution in [0.2, 0.25) is 5.02 Å². The minimum Gasteiger partial charge on any atom is -0.345 e. The van der Waals surface area contributed by atoms with Crippen molar-refractivity contribution in [2.75, 3.05) is 17.8 Å². The van der Waals surface area contributed by atoms with Crippen molar-refractivity contribution < 1.29 is 17.6 Å². The zero-order chi connectivity index (χ0) is 20.6. The number of hydrogen-bond acceptors (Lipinski definition) is 4. The fraction of sp³-hybridized carbons (Fsp3) is 0.263. The van der Waals surface area contributed by atoms with Gasteiger partial charge in [-0.05, 0) is 37.1 Å². The number of ketones is 1. The molecule has 152 valence electrons. The second-order valence-corrected chi connectivity index (χ2v) is 8.95. The third-order valence-corrected chi connectivity index (χ3v) is 6.60. The van der Waals surface area contributed by atoms with E-state index in [0.29, 0.717) is 29.1 Å². The quantitative estimate of drug-likeness (QED) is 0.596. The summed E-state index contributed by atoms with van der Waals surface area (Å²) in [6.07, 6.45) is 5.45. The number of rotatable bonds is 5. The normalized spacial score (nSPS) is 15.5. The van der Waals surface area contributed by atoms with Gasteiger partial charge in [-0.25, -0.2) is 9.37 Å². The predicted molar refractivity (Wildman–Crippen MR) is 109 cm³/mol. The lowest BCUT2D eigenvalue weighted by atomic mass is 10.0. The fourth-order valence-electron chi connectivity index (χ4n) is 3.39. The predicted octanol–water partition coefficient (Wildman–Crippen LogP) is 3.73. The minimum absolute atomic E-state index is 0.122. The first-order chi connectivity index (χ1) is 13.8. The molecule has 3 aromatic rings. The average molecular weight is 437 g/mol. The summed E-state index contributed by atoms with van der Waals surface area (Å²) >= 11 is 5.96. The highest BCUT2D eigenvalue weighted by atomic mass is 35.5. The highest BCUT2D eigenvalue weighted by Crippen LogP contribution is 2.26. The van der Waals surface area contributed by atoms with E-state index in [9.17, 15) is 17.6 Å². The van der Waals surface area contributed by atoms with E-state index in [0.717, 1.165) is 25.3 Å². The van der Waals surface area contributed by atoms with E-state index < -0.39 is 21.8 Å². The fourth-order valence-corrected chi connectivity index (χ4v) is 4.84. The van der Waals surface area contributed by atoms with Gasteiger partial charge in [0.15, 0.2) is 5.78 Å². The van der Waals surface area contributed by atoms with E-state index in [2.05, 4.69) is 14.7 Å². The lowest BCUT2D eigenvalue weighted by Crippen LogP contribution is -2.39. The molecule has 29 heavy (non-hydrogen) atoms. The largest absolute Gasteiger partial charge is 0.345 e. The molecule has 0 atom stereocenters. The average Bonchev–Trinajstić information content (AvgIpc) is 3.12. The summed E-state index contributed by atoms with van der Waals surface area (Å²) in [6.45, 7) is 0.872. The lowest BCUT2D eigenvalue weighted by molar-refractivity contribution is 0.103. The Morgan fingerprint density at radius 1 is 1.17 bits per heavy atom. The summed E-state index contributed by atoms with van der Waals surface area (Å²) in [5.41, 5.74) is 0.520. The summed E-state index contributed by atoms with van der Waals surface area (Å²) in [5.74, 6) is -1.35. The molecule has 2 aromatic heterocycles. The van der Waals surface area contributed by atoms with Gasteiger partial charge in [-0.3, -0.25) is 9.52 Å². The molecule has 1 aliphatic heterocycles. The lowest BCUT2D eigenvalue weighted by Gasteiger charge is -2.26. The van der Waals surface area contributed by atoms with Gasteiger partial charge in [-0.2, -0.15) is 12.7 Å². The van der Waals surface area contributed by atoms with Gasteiger partial charge in [-0.1, -0.05) is 18.0 Å². The van der Waals surface area contributed by atoms with E-state index >= 15 is 0 Å². The Morgan fingerprint density at radius 3 is 2.69 bits per heavy atom. The van der Waals surface area contributed by atoms with Crippen LogP contribution in [-0.2, 0) is 10.2 Å². The Balaban J connectivity index is 1.66. The molecule has 0 saturated carbocycles. The van der Waals surface area contributed by atoms with Crippen molar-refractivity contribution in [2.24, 2.45) is 0 Å². The Bertz CT molecular complexity index is 1190. The number of H-pyrrole nitrogens is 1. The zero-order valence-electron chi connectivity index (χ0n) is 15.3. The van der Waals surface area contributed by atoms with Crippen molar-refractivity contribution >= 4 is 44.3 Å². The van der Waals surface area contributed by atoms with Gasteiger partial charge < -0.3 is 4.98 Å². The van der Waals surface area contributed by atoms with Gasteiger partial charge in [0.1, 0.15) is 11.5 Å². The van der Waals surface area contributed by atoms with Crippen molar-refractivity contribution in [3.63, 3.8) is 0 Å². The number of anilines is 1. The van der Waals surface area contributed by atoms with Crippen LogP contribution in [0.4, 0.5) is 10.1 Å². The van der Waals surface area contributed by atoms with Crippen LogP contribution >= 0.6 is 11.6 Å². The number of fused-ring (bicyclic) bond motifs is 1. The van der Waals surface area contributed by atoms with E-state index in [1.807, 2.05) is 0 Å². The monoisotopic (exact) mass is 436 g/mol. The Kier molecular flexibility index (Phi) is 5.28. The number of pyridine rings is 1. The maximum Gasteiger partial charge on any atom is 0.301 e. The number of halogens is 2. The molecular formula is C19H18ClFN4O3S. The van der Waals surface area contributed by atoms with Crippen LogP contribution in [-0.4, -0.2) is 41.6 Å². The molecule has 4 rings (SSSR count). The van der Waals surface area contributed by atoms with Crippen LogP contribution in [0, 0.1) is 5.82 Å². The van der Waals surface area contributed by atoms with Crippen LogP contribution in [0.1, 0.15) is 35.2 Å². The van der Waals surface area contributed by atoms with Crippen LogP contribution in [0.15, 0.2) is 36.7 Å². The number of nitrogens with zero attached hydrogens (tertiary/aromatic N) is 2. The number of benzene rings is 1. The second kappa shape index (κ2) is 7.74. The highest BCUT2D eigenvalue weighted by Gasteiger charge is 2.25. The van der Waals surface area contributed by atoms with Crippen LogP contribution in [0.3, 0.4) is 0 Å². The molecule has 0 radical (unpaired) electrons. The third kappa shape index (κ3) is 3.98. The summed E-state index contributed by atoms with van der Waals surface area (Å²) < 4.78 is 43.4. The molecule has 3 heterocycles. The van der Waals surface area contributed by atoms with E-state index in [1.165, 1.54) is 28.8 Å². The van der Waals surface area contributed by atoms with Crippen molar-refractivity contribution in [1.29, 1.82) is 0 Å². The van der Waals surface area contributed by atoms with E-state index in [-0.39, 0.29) is 16.8 Å². The molecule has 1 aliphatic rings. The number of piperidine rings is 1. The van der Waals surface area contributed by atoms with Crippen LogP contribution in [0.25, 0.3) is 11.0 Å². The summed E-state index contributed by atoms with van der Waals surface area (Å²) in [4.78, 5) is 19.9. The van der Waals surface area contributed by atoms with Crippen molar-refractivity contribution in [3.05, 3.63) is 58.6 Å². The first kappa shape index (κ1) is 19.8. The van der Waals surface area contributed by atoms with Gasteiger partial charge in [0.25, 0.3) is 0 Å². The minimum atomic E-state index is -3.77.